The summed E-state index contributed by atoms with van der Waals surface area (Å²) in [6.07, 6.45) is 3.26. The zero-order chi connectivity index (χ0) is 23.2. The average molecular weight is 474 g/mol. The molecule has 0 radical (unpaired) electrons. The number of hydrogen-bond donors (Lipinski definition) is 4. The molecule has 3 heterocycles. The van der Waals surface area contributed by atoms with Crippen LogP contribution in [0.2, 0.25) is 0 Å². The number of carbonyl (C=O) groups is 2. The van der Waals surface area contributed by atoms with Crippen molar-refractivity contribution in [2.24, 2.45) is 0 Å². The largest absolute Gasteiger partial charge is 0.467 e. The highest BCUT2D eigenvalue weighted by molar-refractivity contribution is 7.80. The number of carbonyl (C=O) groups excluding carboxylic acids is 2. The van der Waals surface area contributed by atoms with Gasteiger partial charge >= 0.3 is 0 Å². The first kappa shape index (κ1) is 23.2. The van der Waals surface area contributed by atoms with Gasteiger partial charge in [0.25, 0.3) is 0 Å². The maximum atomic E-state index is 13.0. The van der Waals surface area contributed by atoms with Gasteiger partial charge in [-0.25, -0.2) is 4.39 Å². The normalized spacial score (nSPS) is 22.3. The maximum absolute atomic E-state index is 13.0. The Morgan fingerprint density at radius 3 is 2.79 bits per heavy atom. The lowest BCUT2D eigenvalue weighted by Gasteiger charge is -2.37. The fourth-order valence-electron chi connectivity index (χ4n) is 4.35. The number of furan rings is 1. The lowest BCUT2D eigenvalue weighted by Crippen LogP contribution is -2.58. The molecule has 1 aromatic carbocycles. The second-order valence-electron chi connectivity index (χ2n) is 8.39. The number of rotatable bonds is 8. The number of fused-ring (bicyclic) bond motifs is 1. The molecule has 10 heteroatoms. The minimum atomic E-state index is -0.300. The smallest absolute Gasteiger partial charge is 0.237 e. The first-order valence-corrected chi connectivity index (χ1v) is 11.5. The maximum Gasteiger partial charge on any atom is 0.237 e. The van der Waals surface area contributed by atoms with E-state index in [0.717, 1.165) is 11.3 Å². The number of piperazine rings is 1. The molecule has 3 atom stereocenters. The Morgan fingerprint density at radius 1 is 1.21 bits per heavy atom. The first-order chi connectivity index (χ1) is 16.0. The highest BCUT2D eigenvalue weighted by Crippen LogP contribution is 2.25. The van der Waals surface area contributed by atoms with Gasteiger partial charge in [-0.1, -0.05) is 12.1 Å². The van der Waals surface area contributed by atoms with Crippen molar-refractivity contribution < 1.29 is 18.4 Å². The highest BCUT2D eigenvalue weighted by atomic mass is 32.1. The first-order valence-electron chi connectivity index (χ1n) is 11.1. The molecule has 0 spiro atoms. The van der Waals surface area contributed by atoms with Crippen LogP contribution in [0.4, 0.5) is 4.39 Å². The Hall–Kier alpha value is -2.98. The van der Waals surface area contributed by atoms with Crippen LogP contribution in [0.15, 0.2) is 47.1 Å². The van der Waals surface area contributed by atoms with E-state index in [1.54, 1.807) is 18.4 Å². The van der Waals surface area contributed by atoms with E-state index in [2.05, 4.69) is 26.2 Å². The van der Waals surface area contributed by atoms with E-state index in [-0.39, 0.29) is 35.8 Å². The predicted molar refractivity (Wildman–Crippen MR) is 124 cm³/mol. The number of benzene rings is 1. The number of nitrogens with one attached hydrogen (secondary N) is 4. The Labute approximate surface area is 197 Å². The van der Waals surface area contributed by atoms with Crippen LogP contribution in [0.25, 0.3) is 0 Å². The van der Waals surface area contributed by atoms with E-state index in [9.17, 15) is 14.0 Å². The van der Waals surface area contributed by atoms with E-state index < -0.39 is 0 Å². The van der Waals surface area contributed by atoms with Crippen molar-refractivity contribution in [3.05, 3.63) is 59.8 Å². The quantitative estimate of drug-likeness (QED) is 0.431. The second kappa shape index (κ2) is 10.8. The summed E-state index contributed by atoms with van der Waals surface area (Å²) in [6.45, 7) is 2.06. The molecular formula is C23H28FN5O3S. The van der Waals surface area contributed by atoms with E-state index in [1.165, 1.54) is 12.1 Å². The summed E-state index contributed by atoms with van der Waals surface area (Å²) in [7, 11) is 0. The van der Waals surface area contributed by atoms with Gasteiger partial charge in [0.2, 0.25) is 11.8 Å². The molecule has 2 aromatic rings. The van der Waals surface area contributed by atoms with Gasteiger partial charge in [0.1, 0.15) is 11.6 Å². The van der Waals surface area contributed by atoms with Gasteiger partial charge in [-0.05, 0) is 54.9 Å². The van der Waals surface area contributed by atoms with Crippen molar-refractivity contribution in [3.8, 4) is 0 Å². The third-order valence-corrected chi connectivity index (χ3v) is 6.33. The summed E-state index contributed by atoms with van der Waals surface area (Å²) in [5.41, 5.74) is 0.847. The molecular weight excluding hydrogens is 445 g/mol. The molecule has 0 aliphatic carbocycles. The SMILES string of the molecule is O=C(CCC1CNC(=O)C2CC(NC(=S)NCc3ccco3)CN12)NCc1ccc(F)cc1. The molecule has 2 saturated heterocycles. The summed E-state index contributed by atoms with van der Waals surface area (Å²) in [5, 5.41) is 12.8. The van der Waals surface area contributed by atoms with Gasteiger partial charge in [0.05, 0.1) is 18.8 Å². The fourth-order valence-corrected chi connectivity index (χ4v) is 4.59. The average Bonchev–Trinajstić information content (AvgIpc) is 3.47. The zero-order valence-electron chi connectivity index (χ0n) is 18.2. The molecule has 1 aromatic heterocycles. The van der Waals surface area contributed by atoms with E-state index in [1.807, 2.05) is 12.1 Å². The Kier molecular flexibility index (Phi) is 7.56. The van der Waals surface area contributed by atoms with Crippen LogP contribution in [-0.4, -0.2) is 53.0 Å². The van der Waals surface area contributed by atoms with Crippen LogP contribution in [0.1, 0.15) is 30.6 Å². The van der Waals surface area contributed by atoms with Crippen LogP contribution in [0.3, 0.4) is 0 Å². The summed E-state index contributed by atoms with van der Waals surface area (Å²) in [4.78, 5) is 26.9. The van der Waals surface area contributed by atoms with Gasteiger partial charge in [0, 0.05) is 38.1 Å². The molecule has 8 nitrogen and oxygen atoms in total. The van der Waals surface area contributed by atoms with Crippen LogP contribution >= 0.6 is 12.2 Å². The van der Waals surface area contributed by atoms with Crippen molar-refractivity contribution >= 4 is 29.1 Å². The molecule has 3 unspecified atom stereocenters. The molecule has 4 N–H and O–H groups in total. The summed E-state index contributed by atoms with van der Waals surface area (Å²) < 4.78 is 18.3. The molecule has 0 bridgehead atoms. The molecule has 0 saturated carbocycles. The van der Waals surface area contributed by atoms with Crippen LogP contribution in [0, 0.1) is 5.82 Å². The molecule has 2 amide bonds. The van der Waals surface area contributed by atoms with Crippen molar-refractivity contribution in [2.45, 2.75) is 50.5 Å². The van der Waals surface area contributed by atoms with Gasteiger partial charge in [0.15, 0.2) is 5.11 Å². The van der Waals surface area contributed by atoms with Gasteiger partial charge in [-0.15, -0.1) is 0 Å². The zero-order valence-corrected chi connectivity index (χ0v) is 19.0. The van der Waals surface area contributed by atoms with E-state index in [4.69, 9.17) is 16.6 Å². The molecule has 2 aliphatic rings. The fraction of sp³-hybridized carbons (Fsp3) is 0.435. The highest BCUT2D eigenvalue weighted by Gasteiger charge is 2.43. The van der Waals surface area contributed by atoms with Crippen molar-refractivity contribution in [3.63, 3.8) is 0 Å². The molecule has 4 rings (SSSR count). The Balaban J connectivity index is 1.23. The van der Waals surface area contributed by atoms with Crippen LogP contribution < -0.4 is 21.3 Å². The van der Waals surface area contributed by atoms with E-state index >= 15 is 0 Å². The van der Waals surface area contributed by atoms with Crippen molar-refractivity contribution in [2.75, 3.05) is 13.1 Å². The number of thiocarbonyl (C=S) groups is 1. The predicted octanol–water partition coefficient (Wildman–Crippen LogP) is 1.42. The van der Waals surface area contributed by atoms with Crippen LogP contribution in [-0.2, 0) is 22.7 Å². The minimum absolute atomic E-state index is 0.0192. The van der Waals surface area contributed by atoms with Crippen molar-refractivity contribution in [1.82, 2.24) is 26.2 Å². The van der Waals surface area contributed by atoms with Crippen molar-refractivity contribution in [1.29, 1.82) is 0 Å². The van der Waals surface area contributed by atoms with Gasteiger partial charge < -0.3 is 25.7 Å². The molecule has 33 heavy (non-hydrogen) atoms. The topological polar surface area (TPSA) is 98.6 Å². The second-order valence-corrected chi connectivity index (χ2v) is 8.80. The summed E-state index contributed by atoms with van der Waals surface area (Å²) in [6, 6.07) is 9.66. The Morgan fingerprint density at radius 2 is 2.03 bits per heavy atom. The number of halogens is 1. The summed E-state index contributed by atoms with van der Waals surface area (Å²) >= 11 is 5.39. The lowest BCUT2D eigenvalue weighted by atomic mass is 10.0. The summed E-state index contributed by atoms with van der Waals surface area (Å²) in [5.74, 6) is 0.447. The third-order valence-electron chi connectivity index (χ3n) is 6.07. The molecule has 176 valence electrons. The lowest BCUT2D eigenvalue weighted by molar-refractivity contribution is -0.129. The van der Waals surface area contributed by atoms with E-state index in [0.29, 0.717) is 50.6 Å². The third kappa shape index (κ3) is 6.29. The standard InChI is InChI=1S/C23H28FN5O3S/c24-16-5-3-15(4-6-16)11-25-21(30)8-7-18-12-26-22(31)20-10-17(14-29(18)20)28-23(33)27-13-19-2-1-9-32-19/h1-6,9,17-18,20H,7-8,10-14H2,(H,25,30)(H,26,31)(H2,27,28,33). The Bertz CT molecular complexity index is 969. The number of hydrogen-bond acceptors (Lipinski definition) is 5. The molecule has 2 fully saturated rings. The molecule has 2 aliphatic heterocycles. The van der Waals surface area contributed by atoms with Gasteiger partial charge in [-0.2, -0.15) is 0 Å². The number of amides is 2. The minimum Gasteiger partial charge on any atom is -0.467 e. The monoisotopic (exact) mass is 473 g/mol. The van der Waals surface area contributed by atoms with Gasteiger partial charge in [-0.3, -0.25) is 14.5 Å². The van der Waals surface area contributed by atoms with Crippen LogP contribution in [0.5, 0.6) is 0 Å². The number of nitrogens with zero attached hydrogens (tertiary/aromatic N) is 1.